The monoisotopic (exact) mass is 400 g/mol. The highest BCUT2D eigenvalue weighted by atomic mass is 79.9. The Morgan fingerprint density at radius 1 is 1.41 bits per heavy atom. The number of hydrogen-bond acceptors (Lipinski definition) is 5. The van der Waals surface area contributed by atoms with E-state index in [2.05, 4.69) is 26.2 Å². The number of aromatic nitrogens is 1. The summed E-state index contributed by atoms with van der Waals surface area (Å²) in [6.45, 7) is 2.21. The zero-order valence-corrected chi connectivity index (χ0v) is 15.2. The van der Waals surface area contributed by atoms with Crippen molar-refractivity contribution in [3.8, 4) is 9.88 Å². The van der Waals surface area contributed by atoms with Gasteiger partial charge in [-0.05, 0) is 47.2 Å². The lowest BCUT2D eigenvalue weighted by Gasteiger charge is -2.04. The van der Waals surface area contributed by atoms with Crippen molar-refractivity contribution in [3.63, 3.8) is 0 Å². The Bertz CT molecular complexity index is 637. The van der Waals surface area contributed by atoms with Gasteiger partial charge < -0.3 is 10.1 Å². The smallest absolute Gasteiger partial charge is 0.270 e. The van der Waals surface area contributed by atoms with Crippen molar-refractivity contribution < 1.29 is 9.53 Å². The topological polar surface area (TPSA) is 51.2 Å². The molecule has 7 heteroatoms. The molecule has 0 saturated heterocycles. The van der Waals surface area contributed by atoms with Gasteiger partial charge in [0, 0.05) is 35.0 Å². The Kier molecular flexibility index (Phi) is 5.62. The van der Waals surface area contributed by atoms with E-state index in [0.29, 0.717) is 18.8 Å². The number of rotatable bonds is 8. The van der Waals surface area contributed by atoms with E-state index in [1.54, 1.807) is 11.3 Å². The number of amides is 1. The normalized spacial score (nSPS) is 14.2. The van der Waals surface area contributed by atoms with E-state index in [1.165, 1.54) is 24.2 Å². The van der Waals surface area contributed by atoms with E-state index in [1.807, 2.05) is 16.8 Å². The molecule has 1 aliphatic carbocycles. The maximum Gasteiger partial charge on any atom is 0.270 e. The average molecular weight is 401 g/mol. The predicted octanol–water partition coefficient (Wildman–Crippen LogP) is 4.18. The van der Waals surface area contributed by atoms with Crippen LogP contribution in [0, 0.1) is 5.92 Å². The van der Waals surface area contributed by atoms with Crippen molar-refractivity contribution in [2.24, 2.45) is 5.92 Å². The summed E-state index contributed by atoms with van der Waals surface area (Å²) in [6, 6.07) is 2.02. The first kappa shape index (κ1) is 16.1. The van der Waals surface area contributed by atoms with Gasteiger partial charge in [0.1, 0.15) is 10.7 Å². The molecule has 118 valence electrons. The van der Waals surface area contributed by atoms with Crippen molar-refractivity contribution in [2.75, 3.05) is 19.8 Å². The van der Waals surface area contributed by atoms with Gasteiger partial charge in [0.25, 0.3) is 5.91 Å². The second-order valence-electron chi connectivity index (χ2n) is 5.29. The molecule has 22 heavy (non-hydrogen) atoms. The minimum absolute atomic E-state index is 0.111. The average Bonchev–Trinajstić information content (AvgIpc) is 3.01. The van der Waals surface area contributed by atoms with E-state index < -0.39 is 0 Å². The molecule has 1 N–H and O–H groups in total. The molecule has 1 saturated carbocycles. The van der Waals surface area contributed by atoms with Gasteiger partial charge in [0.15, 0.2) is 0 Å². The van der Waals surface area contributed by atoms with E-state index >= 15 is 0 Å². The molecule has 0 aliphatic heterocycles. The van der Waals surface area contributed by atoms with Crippen molar-refractivity contribution in [1.29, 1.82) is 0 Å². The van der Waals surface area contributed by atoms with Gasteiger partial charge in [-0.1, -0.05) is 0 Å². The van der Waals surface area contributed by atoms with Crippen LogP contribution in [-0.4, -0.2) is 30.6 Å². The van der Waals surface area contributed by atoms with Crippen LogP contribution in [0.15, 0.2) is 21.3 Å². The van der Waals surface area contributed by atoms with Crippen molar-refractivity contribution >= 4 is 44.5 Å². The van der Waals surface area contributed by atoms with Gasteiger partial charge in [-0.15, -0.1) is 22.7 Å². The molecule has 2 aromatic heterocycles. The summed E-state index contributed by atoms with van der Waals surface area (Å²) in [5, 5.41) is 7.59. The maximum atomic E-state index is 12.0. The third-order valence-corrected chi connectivity index (χ3v) is 6.02. The minimum Gasteiger partial charge on any atom is -0.381 e. The van der Waals surface area contributed by atoms with Crippen LogP contribution in [0.4, 0.5) is 0 Å². The van der Waals surface area contributed by atoms with Crippen LogP contribution in [0.5, 0.6) is 0 Å². The summed E-state index contributed by atoms with van der Waals surface area (Å²) in [6.07, 6.45) is 3.46. The highest BCUT2D eigenvalue weighted by Crippen LogP contribution is 2.32. The SMILES string of the molecule is O=C(NCCCOCC1CC1)c1csc(-c2cc(Br)cs2)n1. The Balaban J connectivity index is 1.41. The first-order chi connectivity index (χ1) is 10.7. The van der Waals surface area contributed by atoms with E-state index in [4.69, 9.17) is 4.74 Å². The number of thiophene rings is 1. The van der Waals surface area contributed by atoms with Crippen LogP contribution < -0.4 is 5.32 Å². The zero-order valence-electron chi connectivity index (χ0n) is 12.0. The largest absolute Gasteiger partial charge is 0.381 e. The van der Waals surface area contributed by atoms with Crippen LogP contribution in [-0.2, 0) is 4.74 Å². The molecule has 2 aromatic rings. The zero-order chi connectivity index (χ0) is 15.4. The summed E-state index contributed by atoms with van der Waals surface area (Å²) in [5.74, 6) is 0.681. The second kappa shape index (κ2) is 7.68. The lowest BCUT2D eigenvalue weighted by Crippen LogP contribution is -2.25. The van der Waals surface area contributed by atoms with E-state index in [9.17, 15) is 4.79 Å². The van der Waals surface area contributed by atoms with Gasteiger partial charge in [0.05, 0.1) is 4.88 Å². The Morgan fingerprint density at radius 3 is 3.00 bits per heavy atom. The van der Waals surface area contributed by atoms with Crippen molar-refractivity contribution in [2.45, 2.75) is 19.3 Å². The number of hydrogen-bond donors (Lipinski definition) is 1. The summed E-state index contributed by atoms with van der Waals surface area (Å²) in [7, 11) is 0. The summed E-state index contributed by atoms with van der Waals surface area (Å²) in [4.78, 5) is 17.5. The summed E-state index contributed by atoms with van der Waals surface area (Å²) < 4.78 is 6.58. The number of ether oxygens (including phenoxy) is 1. The molecule has 0 radical (unpaired) electrons. The highest BCUT2D eigenvalue weighted by Gasteiger charge is 2.20. The molecule has 2 heterocycles. The van der Waals surface area contributed by atoms with Crippen LogP contribution >= 0.6 is 38.6 Å². The minimum atomic E-state index is -0.111. The molecular weight excluding hydrogens is 384 g/mol. The second-order valence-corrected chi connectivity index (χ2v) is 7.98. The fourth-order valence-electron chi connectivity index (χ4n) is 1.92. The predicted molar refractivity (Wildman–Crippen MR) is 93.6 cm³/mol. The third kappa shape index (κ3) is 4.62. The summed E-state index contributed by atoms with van der Waals surface area (Å²) in [5.41, 5.74) is 0.489. The van der Waals surface area contributed by atoms with Gasteiger partial charge in [-0.25, -0.2) is 4.98 Å². The molecule has 1 aliphatic rings. The number of nitrogens with zero attached hydrogens (tertiary/aromatic N) is 1. The molecule has 1 amide bonds. The van der Waals surface area contributed by atoms with Gasteiger partial charge in [-0.3, -0.25) is 4.79 Å². The van der Waals surface area contributed by atoms with E-state index in [-0.39, 0.29) is 5.91 Å². The van der Waals surface area contributed by atoms with Crippen LogP contribution in [0.3, 0.4) is 0 Å². The molecule has 0 spiro atoms. The number of carbonyl (C=O) groups is 1. The molecule has 0 bridgehead atoms. The number of nitrogens with one attached hydrogen (secondary N) is 1. The van der Waals surface area contributed by atoms with Crippen LogP contribution in [0.1, 0.15) is 29.8 Å². The standard InChI is InChI=1S/C15H17BrN2O2S2/c16-11-6-13(21-8-11)15-18-12(9-22-15)14(19)17-4-1-5-20-7-10-2-3-10/h6,8-10H,1-5,7H2,(H,17,19). The number of carbonyl (C=O) groups excluding carboxylic acids is 1. The van der Waals surface area contributed by atoms with Crippen LogP contribution in [0.2, 0.25) is 0 Å². The molecular formula is C15H17BrN2O2S2. The van der Waals surface area contributed by atoms with Crippen molar-refractivity contribution in [3.05, 3.63) is 27.0 Å². The first-order valence-corrected chi connectivity index (χ1v) is 9.83. The van der Waals surface area contributed by atoms with Crippen molar-refractivity contribution in [1.82, 2.24) is 10.3 Å². The molecule has 0 atom stereocenters. The maximum absolute atomic E-state index is 12.0. The molecule has 0 aromatic carbocycles. The van der Waals surface area contributed by atoms with Gasteiger partial charge in [-0.2, -0.15) is 0 Å². The lowest BCUT2D eigenvalue weighted by atomic mass is 10.4. The molecule has 0 unspecified atom stereocenters. The number of thiazole rings is 1. The molecule has 1 fully saturated rings. The quantitative estimate of drug-likeness (QED) is 0.676. The molecule has 4 nitrogen and oxygen atoms in total. The lowest BCUT2D eigenvalue weighted by molar-refractivity contribution is 0.0933. The Hall–Kier alpha value is -0.760. The Morgan fingerprint density at radius 2 is 2.27 bits per heavy atom. The fourth-order valence-corrected chi connectivity index (χ4v) is 4.23. The highest BCUT2D eigenvalue weighted by molar-refractivity contribution is 9.10. The third-order valence-electron chi connectivity index (χ3n) is 3.32. The first-order valence-electron chi connectivity index (χ1n) is 7.28. The van der Waals surface area contributed by atoms with Gasteiger partial charge >= 0.3 is 0 Å². The fraction of sp³-hybridized carbons (Fsp3) is 0.467. The number of halogens is 1. The van der Waals surface area contributed by atoms with Gasteiger partial charge in [0.2, 0.25) is 0 Å². The van der Waals surface area contributed by atoms with E-state index in [0.717, 1.165) is 33.3 Å². The molecule has 3 rings (SSSR count). The Labute approximate surface area is 146 Å². The summed E-state index contributed by atoms with van der Waals surface area (Å²) >= 11 is 6.54. The van der Waals surface area contributed by atoms with Crippen LogP contribution in [0.25, 0.3) is 9.88 Å².